The van der Waals surface area contributed by atoms with Gasteiger partial charge in [-0.25, -0.2) is 9.78 Å². The van der Waals surface area contributed by atoms with E-state index < -0.39 is 6.09 Å². The molecule has 1 fully saturated rings. The first kappa shape index (κ1) is 10.7. The molecule has 0 unspecified atom stereocenters. The summed E-state index contributed by atoms with van der Waals surface area (Å²) < 4.78 is 5.65. The third-order valence-electron chi connectivity index (χ3n) is 2.58. The van der Waals surface area contributed by atoms with Crippen LogP contribution in [0.3, 0.4) is 0 Å². The second-order valence-corrected chi connectivity index (χ2v) is 3.84. The largest absolute Gasteiger partial charge is 0.474 e. The van der Waals surface area contributed by atoms with Gasteiger partial charge in [-0.15, -0.1) is 0 Å². The van der Waals surface area contributed by atoms with E-state index in [1.807, 2.05) is 0 Å². The van der Waals surface area contributed by atoms with Crippen LogP contribution in [0.5, 0.6) is 5.88 Å². The van der Waals surface area contributed by atoms with Crippen molar-refractivity contribution in [2.45, 2.75) is 31.8 Å². The first-order valence-corrected chi connectivity index (χ1v) is 5.37. The lowest BCUT2D eigenvalue weighted by molar-refractivity contribution is 0.201. The van der Waals surface area contributed by atoms with Gasteiger partial charge in [0.1, 0.15) is 6.10 Å². The Labute approximate surface area is 93.5 Å². The van der Waals surface area contributed by atoms with Crippen molar-refractivity contribution in [3.63, 3.8) is 0 Å². The van der Waals surface area contributed by atoms with Gasteiger partial charge >= 0.3 is 6.09 Å². The highest BCUT2D eigenvalue weighted by Crippen LogP contribution is 2.23. The van der Waals surface area contributed by atoms with Crippen LogP contribution in [0.15, 0.2) is 18.3 Å². The minimum absolute atomic E-state index is 0.269. The van der Waals surface area contributed by atoms with E-state index in [9.17, 15) is 4.79 Å². The molecule has 1 aromatic rings. The molecule has 5 nitrogen and oxygen atoms in total. The van der Waals surface area contributed by atoms with Gasteiger partial charge in [0.25, 0.3) is 0 Å². The summed E-state index contributed by atoms with van der Waals surface area (Å²) in [6.45, 7) is 0. The summed E-state index contributed by atoms with van der Waals surface area (Å²) >= 11 is 0. The highest BCUT2D eigenvalue weighted by molar-refractivity contribution is 5.82. The molecule has 1 saturated carbocycles. The molecule has 0 aromatic carbocycles. The summed E-state index contributed by atoms with van der Waals surface area (Å²) in [5.41, 5.74) is 0.450. The average molecular weight is 222 g/mol. The molecule has 0 atom stereocenters. The number of amides is 1. The normalized spacial score (nSPS) is 16.0. The van der Waals surface area contributed by atoms with Crippen molar-refractivity contribution in [1.29, 1.82) is 0 Å². The van der Waals surface area contributed by atoms with Crippen molar-refractivity contribution < 1.29 is 14.6 Å². The molecular weight excluding hydrogens is 208 g/mol. The number of aromatic nitrogens is 1. The maximum Gasteiger partial charge on any atom is 0.409 e. The lowest BCUT2D eigenvalue weighted by Gasteiger charge is -2.11. The molecule has 86 valence electrons. The van der Waals surface area contributed by atoms with Gasteiger partial charge in [0.05, 0.1) is 11.9 Å². The van der Waals surface area contributed by atoms with Crippen molar-refractivity contribution in [2.75, 3.05) is 5.32 Å². The lowest BCUT2D eigenvalue weighted by Crippen LogP contribution is -2.12. The van der Waals surface area contributed by atoms with Crippen molar-refractivity contribution >= 4 is 11.8 Å². The van der Waals surface area contributed by atoms with Crippen LogP contribution in [0.1, 0.15) is 25.7 Å². The summed E-state index contributed by atoms with van der Waals surface area (Å²) in [6, 6.07) is 3.33. The molecule has 1 aliphatic carbocycles. The fourth-order valence-electron chi connectivity index (χ4n) is 1.82. The van der Waals surface area contributed by atoms with E-state index >= 15 is 0 Å². The van der Waals surface area contributed by atoms with Crippen LogP contribution in [-0.2, 0) is 0 Å². The van der Waals surface area contributed by atoms with Crippen LogP contribution in [-0.4, -0.2) is 22.3 Å². The van der Waals surface area contributed by atoms with Crippen LogP contribution >= 0.6 is 0 Å². The second kappa shape index (κ2) is 4.83. The molecule has 1 heterocycles. The first-order chi connectivity index (χ1) is 7.74. The van der Waals surface area contributed by atoms with E-state index in [4.69, 9.17) is 9.84 Å². The zero-order valence-electron chi connectivity index (χ0n) is 8.85. The molecule has 1 aliphatic rings. The second-order valence-electron chi connectivity index (χ2n) is 3.84. The van der Waals surface area contributed by atoms with E-state index in [0.29, 0.717) is 11.6 Å². The Balaban J connectivity index is 1.93. The topological polar surface area (TPSA) is 71.5 Å². The van der Waals surface area contributed by atoms with Gasteiger partial charge in [-0.05, 0) is 31.7 Å². The fourth-order valence-corrected chi connectivity index (χ4v) is 1.82. The quantitative estimate of drug-likeness (QED) is 0.824. The maximum absolute atomic E-state index is 10.4. The monoisotopic (exact) mass is 222 g/mol. The number of anilines is 1. The van der Waals surface area contributed by atoms with Crippen LogP contribution in [0.2, 0.25) is 0 Å². The number of ether oxygens (including phenoxy) is 1. The summed E-state index contributed by atoms with van der Waals surface area (Å²) in [6.07, 6.45) is 5.22. The number of nitrogens with zero attached hydrogens (tertiary/aromatic N) is 1. The molecule has 0 saturated heterocycles. The molecule has 0 spiro atoms. The summed E-state index contributed by atoms with van der Waals surface area (Å²) in [4.78, 5) is 14.4. The molecule has 16 heavy (non-hydrogen) atoms. The van der Waals surface area contributed by atoms with Gasteiger partial charge in [0, 0.05) is 6.07 Å². The number of hydrogen-bond donors (Lipinski definition) is 2. The molecule has 5 heteroatoms. The third-order valence-corrected chi connectivity index (χ3v) is 2.58. The van der Waals surface area contributed by atoms with Crippen LogP contribution in [0.25, 0.3) is 0 Å². The van der Waals surface area contributed by atoms with Gasteiger partial charge < -0.3 is 9.84 Å². The minimum atomic E-state index is -1.09. The highest BCUT2D eigenvalue weighted by atomic mass is 16.5. The standard InChI is InChI=1S/C11H14N2O3/c14-11(15)13-8-5-6-10(12-7-8)16-9-3-1-2-4-9/h5-7,9,13H,1-4H2,(H,14,15). The van der Waals surface area contributed by atoms with Crippen molar-refractivity contribution in [3.05, 3.63) is 18.3 Å². The number of carbonyl (C=O) groups is 1. The summed E-state index contributed by atoms with van der Waals surface area (Å²) in [5.74, 6) is 0.558. The average Bonchev–Trinajstić information content (AvgIpc) is 2.73. The Hall–Kier alpha value is -1.78. The van der Waals surface area contributed by atoms with Crippen LogP contribution in [0.4, 0.5) is 10.5 Å². The van der Waals surface area contributed by atoms with E-state index in [1.165, 1.54) is 19.0 Å². The van der Waals surface area contributed by atoms with Crippen molar-refractivity contribution in [3.8, 4) is 5.88 Å². The zero-order chi connectivity index (χ0) is 11.4. The van der Waals surface area contributed by atoms with E-state index in [1.54, 1.807) is 12.1 Å². The van der Waals surface area contributed by atoms with Gasteiger partial charge in [-0.2, -0.15) is 0 Å². The molecule has 0 radical (unpaired) electrons. The van der Waals surface area contributed by atoms with E-state index in [2.05, 4.69) is 10.3 Å². The molecule has 1 aromatic heterocycles. The highest BCUT2D eigenvalue weighted by Gasteiger charge is 2.16. The predicted molar refractivity (Wildman–Crippen MR) is 58.8 cm³/mol. The fraction of sp³-hybridized carbons (Fsp3) is 0.455. The van der Waals surface area contributed by atoms with Gasteiger partial charge in [-0.1, -0.05) is 0 Å². The number of nitrogens with one attached hydrogen (secondary N) is 1. The molecule has 0 aliphatic heterocycles. The summed E-state index contributed by atoms with van der Waals surface area (Å²) in [7, 11) is 0. The van der Waals surface area contributed by atoms with Gasteiger partial charge in [0.2, 0.25) is 5.88 Å². The molecule has 0 bridgehead atoms. The Morgan fingerprint density at radius 2 is 2.19 bits per heavy atom. The number of pyridine rings is 1. The van der Waals surface area contributed by atoms with Crippen molar-refractivity contribution in [2.24, 2.45) is 0 Å². The Bertz CT molecular complexity index is 358. The predicted octanol–water partition coefficient (Wildman–Crippen LogP) is 2.49. The maximum atomic E-state index is 10.4. The Kier molecular flexibility index (Phi) is 3.24. The SMILES string of the molecule is O=C(O)Nc1ccc(OC2CCCC2)nc1. The zero-order valence-corrected chi connectivity index (χ0v) is 8.85. The van der Waals surface area contributed by atoms with Gasteiger partial charge in [0.15, 0.2) is 0 Å². The number of carboxylic acid groups (broad SMARTS) is 1. The molecular formula is C11H14N2O3. The number of hydrogen-bond acceptors (Lipinski definition) is 3. The molecule has 2 rings (SSSR count). The third kappa shape index (κ3) is 2.85. The van der Waals surface area contributed by atoms with Gasteiger partial charge in [-0.3, -0.25) is 5.32 Å². The van der Waals surface area contributed by atoms with Crippen LogP contribution < -0.4 is 10.1 Å². The Morgan fingerprint density at radius 1 is 1.44 bits per heavy atom. The Morgan fingerprint density at radius 3 is 2.75 bits per heavy atom. The number of rotatable bonds is 3. The van der Waals surface area contributed by atoms with Crippen molar-refractivity contribution in [1.82, 2.24) is 4.98 Å². The van der Waals surface area contributed by atoms with Crippen LogP contribution in [0, 0.1) is 0 Å². The lowest BCUT2D eigenvalue weighted by atomic mass is 10.3. The van der Waals surface area contributed by atoms with E-state index in [-0.39, 0.29) is 6.10 Å². The summed E-state index contributed by atoms with van der Waals surface area (Å²) in [5, 5.41) is 10.7. The smallest absolute Gasteiger partial charge is 0.409 e. The first-order valence-electron chi connectivity index (χ1n) is 5.37. The molecule has 2 N–H and O–H groups in total. The van der Waals surface area contributed by atoms with E-state index in [0.717, 1.165) is 12.8 Å². The molecule has 1 amide bonds. The minimum Gasteiger partial charge on any atom is -0.474 e.